The van der Waals surface area contributed by atoms with E-state index >= 15 is 0 Å². The van der Waals surface area contributed by atoms with Crippen LogP contribution >= 0.6 is 22.6 Å². The molecule has 7 heteroatoms. The maximum atomic E-state index is 12.7. The summed E-state index contributed by atoms with van der Waals surface area (Å²) in [6.45, 7) is 0. The standard InChI is InChI=1S/C7HF4IO2/c8-2-1-3(9)5(11)6(4(2)10)14-7(12)13/h1H. The van der Waals surface area contributed by atoms with Gasteiger partial charge in [0.1, 0.15) is 0 Å². The number of ether oxygens (including phenoxy) is 1. The molecule has 0 saturated carbocycles. The number of carbonyl (C=O) groups excluding carboxylic acids is 1. The highest BCUT2D eigenvalue weighted by Crippen LogP contribution is 2.27. The molecule has 0 aromatic heterocycles. The minimum Gasteiger partial charge on any atom is -0.412 e. The minimum atomic E-state index is -1.74. The highest BCUT2D eigenvalue weighted by atomic mass is 127. The maximum Gasteiger partial charge on any atom is 0.372 e. The predicted molar refractivity (Wildman–Crippen MR) is 46.3 cm³/mol. The quantitative estimate of drug-likeness (QED) is 0.344. The van der Waals surface area contributed by atoms with Crippen LogP contribution in [0.4, 0.5) is 22.4 Å². The summed E-state index contributed by atoms with van der Waals surface area (Å²) < 4.78 is 53.3. The molecular formula is C7HF4IO2. The van der Waals surface area contributed by atoms with Crippen LogP contribution in [-0.2, 0) is 0 Å². The number of rotatable bonds is 1. The van der Waals surface area contributed by atoms with Gasteiger partial charge >= 0.3 is 3.98 Å². The van der Waals surface area contributed by atoms with E-state index < -0.39 is 33.0 Å². The van der Waals surface area contributed by atoms with Gasteiger partial charge in [0, 0.05) is 6.07 Å². The zero-order valence-electron chi connectivity index (χ0n) is 6.28. The van der Waals surface area contributed by atoms with E-state index in [1.165, 1.54) is 0 Å². The van der Waals surface area contributed by atoms with Gasteiger partial charge in [-0.15, -0.1) is 0 Å². The molecule has 0 amide bonds. The minimum absolute atomic E-state index is 0.0230. The second-order valence-electron chi connectivity index (χ2n) is 2.14. The largest absolute Gasteiger partial charge is 0.412 e. The van der Waals surface area contributed by atoms with Crippen molar-refractivity contribution in [1.29, 1.82) is 0 Å². The Hall–Kier alpha value is -0.860. The first kappa shape index (κ1) is 11.2. The molecule has 0 aliphatic heterocycles. The molecule has 0 aliphatic rings. The molecule has 0 unspecified atom stereocenters. The molecule has 76 valence electrons. The van der Waals surface area contributed by atoms with Gasteiger partial charge in [0.2, 0.25) is 17.4 Å². The van der Waals surface area contributed by atoms with Crippen LogP contribution in [0.15, 0.2) is 6.07 Å². The number of hydrogen-bond acceptors (Lipinski definition) is 2. The Balaban J connectivity index is 3.31. The molecule has 1 aromatic rings. The van der Waals surface area contributed by atoms with Gasteiger partial charge in [-0.25, -0.2) is 13.6 Å². The Morgan fingerprint density at radius 2 is 1.57 bits per heavy atom. The lowest BCUT2D eigenvalue weighted by Gasteiger charge is -2.04. The van der Waals surface area contributed by atoms with Crippen LogP contribution in [0.1, 0.15) is 0 Å². The van der Waals surface area contributed by atoms with E-state index in [0.717, 1.165) is 22.6 Å². The van der Waals surface area contributed by atoms with Crippen molar-refractivity contribution in [2.24, 2.45) is 0 Å². The molecule has 0 atom stereocenters. The molecule has 0 N–H and O–H groups in total. The van der Waals surface area contributed by atoms with E-state index in [1.807, 2.05) is 0 Å². The highest BCUT2D eigenvalue weighted by Gasteiger charge is 2.21. The van der Waals surface area contributed by atoms with Crippen molar-refractivity contribution in [2.45, 2.75) is 0 Å². The summed E-state index contributed by atoms with van der Waals surface area (Å²) in [5.74, 6) is -8.11. The van der Waals surface area contributed by atoms with Gasteiger partial charge < -0.3 is 4.74 Å². The zero-order valence-corrected chi connectivity index (χ0v) is 8.44. The van der Waals surface area contributed by atoms with Crippen LogP contribution in [0.5, 0.6) is 5.75 Å². The van der Waals surface area contributed by atoms with Gasteiger partial charge in [-0.3, -0.25) is 0 Å². The van der Waals surface area contributed by atoms with E-state index in [4.69, 9.17) is 0 Å². The number of halogens is 5. The van der Waals surface area contributed by atoms with Crippen molar-refractivity contribution in [3.8, 4) is 5.75 Å². The van der Waals surface area contributed by atoms with E-state index in [0.29, 0.717) is 0 Å². The lowest BCUT2D eigenvalue weighted by Crippen LogP contribution is -2.04. The van der Waals surface area contributed by atoms with Crippen molar-refractivity contribution < 1.29 is 27.1 Å². The summed E-state index contributed by atoms with van der Waals surface area (Å²) in [5.41, 5.74) is 0. The van der Waals surface area contributed by atoms with Crippen LogP contribution in [-0.4, -0.2) is 3.98 Å². The third-order valence-electron chi connectivity index (χ3n) is 1.25. The maximum absolute atomic E-state index is 12.7. The van der Waals surface area contributed by atoms with Crippen molar-refractivity contribution in [1.82, 2.24) is 0 Å². The van der Waals surface area contributed by atoms with Crippen molar-refractivity contribution in [3.05, 3.63) is 29.3 Å². The second kappa shape index (κ2) is 4.11. The highest BCUT2D eigenvalue weighted by molar-refractivity contribution is 14.1. The first-order valence-corrected chi connectivity index (χ1v) is 4.21. The molecule has 0 aliphatic carbocycles. The summed E-state index contributed by atoms with van der Waals surface area (Å²) >= 11 is 1.06. The normalized spacial score (nSPS) is 10.1. The lowest BCUT2D eigenvalue weighted by molar-refractivity contribution is 0.224. The Morgan fingerprint density at radius 3 is 1.93 bits per heavy atom. The van der Waals surface area contributed by atoms with E-state index in [2.05, 4.69) is 4.74 Å². The summed E-state index contributed by atoms with van der Waals surface area (Å²) in [4.78, 5) is 10.3. The van der Waals surface area contributed by atoms with Gasteiger partial charge in [-0.2, -0.15) is 8.78 Å². The molecule has 0 fully saturated rings. The first-order valence-electron chi connectivity index (χ1n) is 3.13. The smallest absolute Gasteiger partial charge is 0.372 e. The predicted octanol–water partition coefficient (Wildman–Crippen LogP) is 3.18. The van der Waals surface area contributed by atoms with Gasteiger partial charge in [0.25, 0.3) is 0 Å². The third kappa shape index (κ3) is 2.14. The van der Waals surface area contributed by atoms with Crippen LogP contribution in [0, 0.1) is 23.3 Å². The van der Waals surface area contributed by atoms with Crippen LogP contribution in [0.3, 0.4) is 0 Å². The average molecular weight is 320 g/mol. The Kier molecular flexibility index (Phi) is 3.29. The molecule has 0 heterocycles. The van der Waals surface area contributed by atoms with Crippen molar-refractivity contribution in [2.75, 3.05) is 0 Å². The number of benzene rings is 1. The van der Waals surface area contributed by atoms with E-state index in [-0.39, 0.29) is 6.07 Å². The van der Waals surface area contributed by atoms with Crippen LogP contribution < -0.4 is 4.74 Å². The van der Waals surface area contributed by atoms with Gasteiger partial charge in [-0.1, -0.05) is 0 Å². The Labute approximate surface area is 89.0 Å². The molecule has 0 radical (unpaired) electrons. The fourth-order valence-corrected chi connectivity index (χ4v) is 0.941. The Bertz CT molecular complexity index is 368. The molecule has 0 spiro atoms. The molecule has 2 nitrogen and oxygen atoms in total. The second-order valence-corrected chi connectivity index (χ2v) is 3.02. The zero-order chi connectivity index (χ0) is 10.9. The first-order chi connectivity index (χ1) is 6.43. The molecular weight excluding hydrogens is 319 g/mol. The molecule has 0 saturated heterocycles. The van der Waals surface area contributed by atoms with Gasteiger partial charge in [-0.05, 0) is 0 Å². The van der Waals surface area contributed by atoms with Gasteiger partial charge in [0.15, 0.2) is 11.6 Å². The third-order valence-corrected chi connectivity index (χ3v) is 1.47. The van der Waals surface area contributed by atoms with Crippen LogP contribution in [0.25, 0.3) is 0 Å². The summed E-state index contributed by atoms with van der Waals surface area (Å²) in [7, 11) is 0. The fourth-order valence-electron chi connectivity index (χ4n) is 0.721. The topological polar surface area (TPSA) is 26.3 Å². The van der Waals surface area contributed by atoms with E-state index in [1.54, 1.807) is 0 Å². The Morgan fingerprint density at radius 1 is 1.14 bits per heavy atom. The molecule has 1 aromatic carbocycles. The fraction of sp³-hybridized carbons (Fsp3) is 0. The summed E-state index contributed by atoms with van der Waals surface area (Å²) in [5, 5.41) is 0. The van der Waals surface area contributed by atoms with Gasteiger partial charge in [0.05, 0.1) is 22.6 Å². The SMILES string of the molecule is O=C(I)Oc1c(F)c(F)cc(F)c1F. The monoisotopic (exact) mass is 320 g/mol. The number of carbonyl (C=O) groups is 1. The number of hydrogen-bond donors (Lipinski definition) is 0. The average Bonchev–Trinajstić information content (AvgIpc) is 2.09. The lowest BCUT2D eigenvalue weighted by atomic mass is 10.3. The molecule has 14 heavy (non-hydrogen) atoms. The van der Waals surface area contributed by atoms with Crippen LogP contribution in [0.2, 0.25) is 0 Å². The van der Waals surface area contributed by atoms with E-state index in [9.17, 15) is 22.4 Å². The van der Waals surface area contributed by atoms with Crippen molar-refractivity contribution in [3.63, 3.8) is 0 Å². The molecule has 1 rings (SSSR count). The summed E-state index contributed by atoms with van der Waals surface area (Å²) in [6, 6.07) is 0.0230. The summed E-state index contributed by atoms with van der Waals surface area (Å²) in [6.07, 6.45) is 0. The van der Waals surface area contributed by atoms with Crippen molar-refractivity contribution >= 4 is 26.6 Å². The molecule has 0 bridgehead atoms.